The minimum atomic E-state index is -1.67. The van der Waals surface area contributed by atoms with Crippen molar-refractivity contribution in [2.75, 3.05) is 17.7 Å². The van der Waals surface area contributed by atoms with Crippen LogP contribution in [0.2, 0.25) is 5.02 Å². The standard InChI is InChI=1S/C21H17ClF3N3O3S/c22-11-3-4-13-16(8-11)27-21(28(20(13)30)9-12-2-1-7-31-12)32-10-17(29)26-15-6-5-14(23)18(24)19(15)25/h3-6,8,12H,1-2,7,9-10H2,(H,26,29). The molecular formula is C21H17ClF3N3O3S. The molecule has 0 saturated carbocycles. The number of hydrogen-bond donors (Lipinski definition) is 1. The SMILES string of the molecule is O=C(CSc1nc2cc(Cl)ccc2c(=O)n1CC1CCCO1)Nc1ccc(F)c(F)c1F. The van der Waals surface area contributed by atoms with Crippen molar-refractivity contribution in [2.45, 2.75) is 30.6 Å². The van der Waals surface area contributed by atoms with E-state index in [0.717, 1.165) is 36.7 Å². The zero-order chi connectivity index (χ0) is 22.8. The molecule has 0 aliphatic carbocycles. The lowest BCUT2D eigenvalue weighted by Gasteiger charge is -2.16. The van der Waals surface area contributed by atoms with Gasteiger partial charge in [-0.1, -0.05) is 23.4 Å². The smallest absolute Gasteiger partial charge is 0.262 e. The number of carbonyl (C=O) groups is 1. The highest BCUT2D eigenvalue weighted by Gasteiger charge is 2.21. The molecule has 1 aliphatic rings. The van der Waals surface area contributed by atoms with Crippen molar-refractivity contribution in [3.8, 4) is 0 Å². The van der Waals surface area contributed by atoms with E-state index in [1.165, 1.54) is 4.57 Å². The number of fused-ring (bicyclic) bond motifs is 1. The lowest BCUT2D eigenvalue weighted by atomic mass is 10.2. The number of nitrogens with zero attached hydrogens (tertiary/aromatic N) is 2. The van der Waals surface area contributed by atoms with Crippen LogP contribution in [0.4, 0.5) is 18.9 Å². The second kappa shape index (κ2) is 9.51. The Balaban J connectivity index is 1.59. The number of benzene rings is 2. The zero-order valence-corrected chi connectivity index (χ0v) is 18.1. The van der Waals surface area contributed by atoms with E-state index in [0.29, 0.717) is 22.5 Å². The second-order valence-electron chi connectivity index (χ2n) is 7.17. The van der Waals surface area contributed by atoms with Crippen LogP contribution >= 0.6 is 23.4 Å². The van der Waals surface area contributed by atoms with Gasteiger partial charge >= 0.3 is 0 Å². The number of nitrogens with one attached hydrogen (secondary N) is 1. The molecule has 6 nitrogen and oxygen atoms in total. The molecule has 3 aromatic rings. The Morgan fingerprint density at radius 2 is 2.06 bits per heavy atom. The summed E-state index contributed by atoms with van der Waals surface area (Å²) in [5.41, 5.74) is -0.401. The lowest BCUT2D eigenvalue weighted by Crippen LogP contribution is -2.29. The van der Waals surface area contributed by atoms with Gasteiger partial charge in [-0.3, -0.25) is 14.2 Å². The quantitative estimate of drug-likeness (QED) is 0.320. The average Bonchev–Trinajstić information content (AvgIpc) is 3.28. The molecule has 2 aromatic carbocycles. The van der Waals surface area contributed by atoms with Gasteiger partial charge < -0.3 is 10.1 Å². The van der Waals surface area contributed by atoms with Gasteiger partial charge in [-0.05, 0) is 43.2 Å². The Morgan fingerprint density at radius 3 is 2.81 bits per heavy atom. The highest BCUT2D eigenvalue weighted by Crippen LogP contribution is 2.24. The highest BCUT2D eigenvalue weighted by atomic mass is 35.5. The van der Waals surface area contributed by atoms with Gasteiger partial charge in [-0.15, -0.1) is 0 Å². The summed E-state index contributed by atoms with van der Waals surface area (Å²) in [6.45, 7) is 0.882. The average molecular weight is 484 g/mol. The topological polar surface area (TPSA) is 73.2 Å². The first kappa shape index (κ1) is 22.6. The van der Waals surface area contributed by atoms with E-state index < -0.39 is 29.0 Å². The molecule has 0 radical (unpaired) electrons. The van der Waals surface area contributed by atoms with Crippen molar-refractivity contribution >= 4 is 45.9 Å². The zero-order valence-electron chi connectivity index (χ0n) is 16.5. The third-order valence-corrected chi connectivity index (χ3v) is 6.15. The van der Waals surface area contributed by atoms with E-state index in [-0.39, 0.29) is 29.1 Å². The summed E-state index contributed by atoms with van der Waals surface area (Å²) >= 11 is 6.98. The number of carbonyl (C=O) groups excluding carboxylic acids is 1. The molecule has 1 atom stereocenters. The predicted molar refractivity (Wildman–Crippen MR) is 116 cm³/mol. The van der Waals surface area contributed by atoms with Gasteiger partial charge in [0.2, 0.25) is 5.91 Å². The summed E-state index contributed by atoms with van der Waals surface area (Å²) in [4.78, 5) is 29.9. The summed E-state index contributed by atoms with van der Waals surface area (Å²) in [5.74, 6) is -5.44. The van der Waals surface area contributed by atoms with Gasteiger partial charge in [0.05, 0.1) is 35.0 Å². The van der Waals surface area contributed by atoms with Crippen LogP contribution in [-0.4, -0.2) is 33.9 Å². The Bertz CT molecular complexity index is 1250. The molecule has 1 N–H and O–H groups in total. The molecule has 4 rings (SSSR count). The summed E-state index contributed by atoms with van der Waals surface area (Å²) in [6, 6.07) is 6.39. The Hall–Kier alpha value is -2.56. The molecule has 1 fully saturated rings. The number of thioether (sulfide) groups is 1. The summed E-state index contributed by atoms with van der Waals surface area (Å²) in [6.07, 6.45) is 1.54. The van der Waals surface area contributed by atoms with Gasteiger partial charge in [0.15, 0.2) is 22.6 Å². The fraction of sp³-hybridized carbons (Fsp3) is 0.286. The molecular weight excluding hydrogens is 467 g/mol. The number of aromatic nitrogens is 2. The third kappa shape index (κ3) is 4.77. The van der Waals surface area contributed by atoms with Crippen molar-refractivity contribution in [2.24, 2.45) is 0 Å². The number of anilines is 1. The molecule has 1 unspecified atom stereocenters. The van der Waals surface area contributed by atoms with Crippen LogP contribution in [0.5, 0.6) is 0 Å². The molecule has 11 heteroatoms. The second-order valence-corrected chi connectivity index (χ2v) is 8.55. The Labute approximate surface area is 189 Å². The normalized spacial score (nSPS) is 15.9. The number of halogens is 4. The van der Waals surface area contributed by atoms with E-state index in [1.807, 2.05) is 0 Å². The number of ether oxygens (including phenoxy) is 1. The number of rotatable bonds is 6. The van der Waals surface area contributed by atoms with Gasteiger partial charge in [0.1, 0.15) is 0 Å². The molecule has 1 aromatic heterocycles. The monoisotopic (exact) mass is 483 g/mol. The minimum Gasteiger partial charge on any atom is -0.376 e. The van der Waals surface area contributed by atoms with Crippen LogP contribution in [0.1, 0.15) is 12.8 Å². The molecule has 168 valence electrons. The van der Waals surface area contributed by atoms with Crippen LogP contribution in [0.25, 0.3) is 10.9 Å². The van der Waals surface area contributed by atoms with Gasteiger partial charge in [0, 0.05) is 11.6 Å². The molecule has 1 aliphatic heterocycles. The predicted octanol–water partition coefficient (Wildman–Crippen LogP) is 4.38. The minimum absolute atomic E-state index is 0.149. The van der Waals surface area contributed by atoms with Crippen LogP contribution in [-0.2, 0) is 16.1 Å². The van der Waals surface area contributed by atoms with E-state index in [9.17, 15) is 22.8 Å². The van der Waals surface area contributed by atoms with Gasteiger partial charge in [0.25, 0.3) is 5.56 Å². The Kier molecular flexibility index (Phi) is 6.73. The first-order valence-electron chi connectivity index (χ1n) is 9.71. The van der Waals surface area contributed by atoms with Crippen molar-refractivity contribution < 1.29 is 22.7 Å². The lowest BCUT2D eigenvalue weighted by molar-refractivity contribution is -0.113. The van der Waals surface area contributed by atoms with Gasteiger partial charge in [-0.2, -0.15) is 0 Å². The maximum atomic E-state index is 13.8. The fourth-order valence-corrected chi connectivity index (χ4v) is 4.35. The van der Waals surface area contributed by atoms with E-state index >= 15 is 0 Å². The molecule has 2 heterocycles. The number of amides is 1. The van der Waals surface area contributed by atoms with Crippen LogP contribution < -0.4 is 10.9 Å². The summed E-state index contributed by atoms with van der Waals surface area (Å²) in [7, 11) is 0. The maximum Gasteiger partial charge on any atom is 0.262 e. The summed E-state index contributed by atoms with van der Waals surface area (Å²) in [5, 5.41) is 3.25. The van der Waals surface area contributed by atoms with Crippen molar-refractivity contribution in [3.63, 3.8) is 0 Å². The molecule has 1 saturated heterocycles. The van der Waals surface area contributed by atoms with Crippen molar-refractivity contribution in [3.05, 3.63) is 63.2 Å². The third-order valence-electron chi connectivity index (χ3n) is 4.93. The van der Waals surface area contributed by atoms with Crippen molar-refractivity contribution in [1.29, 1.82) is 0 Å². The van der Waals surface area contributed by atoms with Crippen LogP contribution in [0, 0.1) is 17.5 Å². The van der Waals surface area contributed by atoms with E-state index in [2.05, 4.69) is 10.3 Å². The summed E-state index contributed by atoms with van der Waals surface area (Å²) < 4.78 is 47.4. The van der Waals surface area contributed by atoms with Crippen LogP contribution in [0.15, 0.2) is 40.3 Å². The highest BCUT2D eigenvalue weighted by molar-refractivity contribution is 7.99. The number of hydrogen-bond acceptors (Lipinski definition) is 5. The molecule has 1 amide bonds. The molecule has 0 spiro atoms. The van der Waals surface area contributed by atoms with E-state index in [4.69, 9.17) is 16.3 Å². The Morgan fingerprint density at radius 1 is 1.25 bits per heavy atom. The van der Waals surface area contributed by atoms with Crippen molar-refractivity contribution in [1.82, 2.24) is 9.55 Å². The maximum absolute atomic E-state index is 13.8. The molecule has 0 bridgehead atoms. The largest absolute Gasteiger partial charge is 0.376 e. The van der Waals surface area contributed by atoms with Crippen LogP contribution in [0.3, 0.4) is 0 Å². The molecule has 32 heavy (non-hydrogen) atoms. The van der Waals surface area contributed by atoms with Gasteiger partial charge in [-0.25, -0.2) is 18.2 Å². The first-order valence-corrected chi connectivity index (χ1v) is 11.1. The first-order chi connectivity index (χ1) is 15.3. The van der Waals surface area contributed by atoms with E-state index in [1.54, 1.807) is 18.2 Å². The fourth-order valence-electron chi connectivity index (χ4n) is 3.38.